The van der Waals surface area contributed by atoms with Gasteiger partial charge in [0, 0.05) is 18.3 Å². The van der Waals surface area contributed by atoms with Gasteiger partial charge in [-0.2, -0.15) is 4.99 Å². The van der Waals surface area contributed by atoms with Crippen molar-refractivity contribution in [2.75, 3.05) is 12.8 Å². The average Bonchev–Trinajstić information content (AvgIpc) is 2.40. The van der Waals surface area contributed by atoms with Crippen LogP contribution < -0.4 is 0 Å². The predicted molar refractivity (Wildman–Crippen MR) is 87.1 cm³/mol. The van der Waals surface area contributed by atoms with Crippen LogP contribution in [0.2, 0.25) is 0 Å². The predicted octanol–water partition coefficient (Wildman–Crippen LogP) is 3.93. The monoisotopic (exact) mass is 296 g/mol. The van der Waals surface area contributed by atoms with Crippen molar-refractivity contribution in [3.05, 3.63) is 0 Å². The Balaban J connectivity index is 1.94. The van der Waals surface area contributed by atoms with Crippen LogP contribution in [0.4, 0.5) is 0 Å². The van der Waals surface area contributed by atoms with Crippen molar-refractivity contribution in [1.82, 2.24) is 4.90 Å². The van der Waals surface area contributed by atoms with Crippen LogP contribution in [-0.4, -0.2) is 34.3 Å². The van der Waals surface area contributed by atoms with E-state index in [1.165, 1.54) is 32.1 Å². The topological polar surface area (TPSA) is 32.7 Å². The second-order valence-corrected chi connectivity index (χ2v) is 8.20. The molecule has 2 aliphatic rings. The van der Waals surface area contributed by atoms with Crippen molar-refractivity contribution in [3.8, 4) is 0 Å². The van der Waals surface area contributed by atoms with E-state index in [2.05, 4.69) is 30.7 Å². The van der Waals surface area contributed by atoms with Gasteiger partial charge < -0.3 is 4.90 Å². The van der Waals surface area contributed by atoms with Gasteiger partial charge in [0.15, 0.2) is 5.17 Å². The maximum Gasteiger partial charge on any atom is 0.252 e. The molecule has 114 valence electrons. The molecule has 0 N–H and O–H groups in total. The Morgan fingerprint density at radius 1 is 1.25 bits per heavy atom. The van der Waals surface area contributed by atoms with Gasteiger partial charge in [0.2, 0.25) is 0 Å². The number of nitrogens with zero attached hydrogens (tertiary/aromatic N) is 2. The number of amides is 1. The number of rotatable bonds is 2. The van der Waals surface area contributed by atoms with Crippen LogP contribution in [0.15, 0.2) is 4.99 Å². The minimum Gasteiger partial charge on any atom is -0.349 e. The Hall–Kier alpha value is -0.510. The van der Waals surface area contributed by atoms with E-state index in [-0.39, 0.29) is 17.4 Å². The minimum atomic E-state index is 0.0162. The smallest absolute Gasteiger partial charge is 0.252 e. The quantitative estimate of drug-likeness (QED) is 0.774. The van der Waals surface area contributed by atoms with Crippen molar-refractivity contribution in [2.45, 2.75) is 64.8 Å². The van der Waals surface area contributed by atoms with E-state index >= 15 is 0 Å². The highest BCUT2D eigenvalue weighted by molar-refractivity contribution is 8.13. The van der Waals surface area contributed by atoms with E-state index in [9.17, 15) is 4.79 Å². The maximum atomic E-state index is 12.3. The second kappa shape index (κ2) is 6.50. The van der Waals surface area contributed by atoms with Gasteiger partial charge in [-0.3, -0.25) is 4.79 Å². The molecule has 2 rings (SSSR count). The molecule has 1 unspecified atom stereocenters. The number of thioether (sulfide) groups is 1. The molecule has 1 aliphatic carbocycles. The van der Waals surface area contributed by atoms with Crippen LogP contribution in [0, 0.1) is 11.8 Å². The van der Waals surface area contributed by atoms with E-state index in [0.717, 1.165) is 23.3 Å². The number of amidine groups is 1. The summed E-state index contributed by atoms with van der Waals surface area (Å²) in [5.74, 6) is 1.94. The van der Waals surface area contributed by atoms with Gasteiger partial charge in [-0.15, -0.1) is 0 Å². The number of hydrogen-bond donors (Lipinski definition) is 0. The van der Waals surface area contributed by atoms with Crippen molar-refractivity contribution < 1.29 is 4.79 Å². The fourth-order valence-corrected chi connectivity index (χ4v) is 4.17. The lowest BCUT2D eigenvalue weighted by atomic mass is 9.83. The van der Waals surface area contributed by atoms with Crippen molar-refractivity contribution in [3.63, 3.8) is 0 Å². The highest BCUT2D eigenvalue weighted by Crippen LogP contribution is 2.33. The molecule has 0 bridgehead atoms. The van der Waals surface area contributed by atoms with Gasteiger partial charge in [0.05, 0.1) is 5.92 Å². The van der Waals surface area contributed by atoms with E-state index in [4.69, 9.17) is 0 Å². The Labute approximate surface area is 127 Å². The third-order valence-corrected chi connectivity index (χ3v) is 5.80. The first-order valence-corrected chi connectivity index (χ1v) is 8.85. The molecule has 4 heteroatoms. The summed E-state index contributed by atoms with van der Waals surface area (Å²) in [4.78, 5) is 18.8. The van der Waals surface area contributed by atoms with Gasteiger partial charge in [-0.1, -0.05) is 43.9 Å². The minimum absolute atomic E-state index is 0.0162. The van der Waals surface area contributed by atoms with Gasteiger partial charge in [-0.25, -0.2) is 0 Å². The molecule has 3 nitrogen and oxygen atoms in total. The van der Waals surface area contributed by atoms with Crippen molar-refractivity contribution >= 4 is 22.8 Å². The summed E-state index contributed by atoms with van der Waals surface area (Å²) < 4.78 is 0. The lowest BCUT2D eigenvalue weighted by Crippen LogP contribution is -2.43. The molecule has 1 aliphatic heterocycles. The first kappa shape index (κ1) is 15.9. The molecular formula is C16H28N2OS. The highest BCUT2D eigenvalue weighted by Gasteiger charge is 2.31. The molecule has 0 spiro atoms. The zero-order valence-corrected chi connectivity index (χ0v) is 14.1. The van der Waals surface area contributed by atoms with Crippen LogP contribution in [-0.2, 0) is 4.79 Å². The Morgan fingerprint density at radius 2 is 1.90 bits per heavy atom. The number of carbonyl (C=O) groups excluding carboxylic acids is 1. The van der Waals surface area contributed by atoms with Crippen molar-refractivity contribution in [1.29, 1.82) is 0 Å². The Morgan fingerprint density at radius 3 is 2.45 bits per heavy atom. The molecule has 1 heterocycles. The highest BCUT2D eigenvalue weighted by atomic mass is 32.2. The van der Waals surface area contributed by atoms with Crippen molar-refractivity contribution in [2.24, 2.45) is 16.8 Å². The molecule has 20 heavy (non-hydrogen) atoms. The summed E-state index contributed by atoms with van der Waals surface area (Å²) in [6.45, 7) is 6.44. The van der Waals surface area contributed by atoms with E-state index in [1.807, 2.05) is 7.05 Å². The Bertz CT molecular complexity index is 380. The summed E-state index contributed by atoms with van der Waals surface area (Å²) >= 11 is 1.75. The second-order valence-electron chi connectivity index (χ2n) is 7.21. The zero-order chi connectivity index (χ0) is 14.8. The summed E-state index contributed by atoms with van der Waals surface area (Å²) in [6, 6.07) is 0. The number of carbonyl (C=O) groups is 1. The number of aliphatic imine (C=N–C) groups is 1. The van der Waals surface area contributed by atoms with Crippen LogP contribution in [0.1, 0.15) is 59.3 Å². The fourth-order valence-electron chi connectivity index (χ4n) is 2.92. The van der Waals surface area contributed by atoms with Gasteiger partial charge in [-0.05, 0) is 33.1 Å². The molecule has 1 atom stereocenters. The molecule has 1 fully saturated rings. The SMILES string of the molecule is CN(C1=NC(=O)C(CC2CCCCC2)CS1)C(C)(C)C. The Kier molecular flexibility index (Phi) is 5.16. The molecule has 1 amide bonds. The average molecular weight is 296 g/mol. The third kappa shape index (κ3) is 4.00. The summed E-state index contributed by atoms with van der Waals surface area (Å²) in [5, 5.41) is 0.891. The maximum absolute atomic E-state index is 12.3. The van der Waals surface area contributed by atoms with E-state index in [1.54, 1.807) is 11.8 Å². The van der Waals surface area contributed by atoms with E-state index in [0.29, 0.717) is 0 Å². The van der Waals surface area contributed by atoms with Crippen LogP contribution in [0.5, 0.6) is 0 Å². The molecule has 0 aromatic heterocycles. The molecule has 0 radical (unpaired) electrons. The van der Waals surface area contributed by atoms with Crippen LogP contribution in [0.3, 0.4) is 0 Å². The van der Waals surface area contributed by atoms with Gasteiger partial charge >= 0.3 is 0 Å². The molecule has 0 aromatic carbocycles. The largest absolute Gasteiger partial charge is 0.349 e. The molecular weight excluding hydrogens is 268 g/mol. The lowest BCUT2D eigenvalue weighted by Gasteiger charge is -2.36. The van der Waals surface area contributed by atoms with Crippen LogP contribution in [0.25, 0.3) is 0 Å². The molecule has 0 saturated heterocycles. The fraction of sp³-hybridized carbons (Fsp3) is 0.875. The summed E-state index contributed by atoms with van der Waals surface area (Å²) in [5.41, 5.74) is 0.0162. The first-order valence-electron chi connectivity index (χ1n) is 7.87. The standard InChI is InChI=1S/C16H28N2OS/c1-16(2,3)18(4)15-17-14(19)13(11-20-15)10-12-8-6-5-7-9-12/h12-13H,5-11H2,1-4H3. The van der Waals surface area contributed by atoms with Crippen LogP contribution >= 0.6 is 11.8 Å². The van der Waals surface area contributed by atoms with Gasteiger partial charge in [0.25, 0.3) is 5.91 Å². The lowest BCUT2D eigenvalue weighted by molar-refractivity contribution is -0.121. The molecule has 0 aromatic rings. The summed E-state index contributed by atoms with van der Waals surface area (Å²) in [6.07, 6.45) is 7.75. The zero-order valence-electron chi connectivity index (χ0n) is 13.3. The van der Waals surface area contributed by atoms with Gasteiger partial charge in [0.1, 0.15) is 0 Å². The number of hydrogen-bond acceptors (Lipinski definition) is 3. The van der Waals surface area contributed by atoms with E-state index < -0.39 is 0 Å². The first-order chi connectivity index (χ1) is 9.38. The third-order valence-electron chi connectivity index (χ3n) is 4.60. The molecule has 1 saturated carbocycles. The normalized spacial score (nSPS) is 25.5. The summed E-state index contributed by atoms with van der Waals surface area (Å²) in [7, 11) is 2.03.